The Morgan fingerprint density at radius 1 is 1.27 bits per heavy atom. The van der Waals surface area contributed by atoms with E-state index >= 15 is 0 Å². The summed E-state index contributed by atoms with van der Waals surface area (Å²) in [5.41, 5.74) is 0.929. The third-order valence-corrected chi connectivity index (χ3v) is 1.66. The van der Waals surface area contributed by atoms with Gasteiger partial charge in [0, 0.05) is 18.9 Å². The molecule has 0 heterocycles. The number of nitrogens with zero attached hydrogens (tertiary/aromatic N) is 1. The molecule has 2 heteroatoms. The molecule has 0 aromatic heterocycles. The fraction of sp³-hybridized carbons (Fsp3) is 0.154. The van der Waals surface area contributed by atoms with Gasteiger partial charge in [-0.3, -0.25) is 4.79 Å². The average Bonchev–Trinajstić information content (AvgIpc) is 2.26. The first kappa shape index (κ1) is 13.2. The summed E-state index contributed by atoms with van der Waals surface area (Å²) >= 11 is 0. The predicted molar refractivity (Wildman–Crippen MR) is 65.2 cm³/mol. The normalized spacial score (nSPS) is 12.8. The van der Waals surface area contributed by atoms with Crippen LogP contribution in [0.4, 0.5) is 0 Å². The summed E-state index contributed by atoms with van der Waals surface area (Å²) in [6.07, 6.45) is 15.2. The minimum Gasteiger partial charge on any atom is -0.351 e. The van der Waals surface area contributed by atoms with Crippen LogP contribution in [0, 0.1) is 0 Å². The van der Waals surface area contributed by atoms with E-state index in [1.54, 1.807) is 12.2 Å². The molecule has 0 radical (unpaired) electrons. The lowest BCUT2D eigenvalue weighted by Gasteiger charge is -2.14. The van der Waals surface area contributed by atoms with Gasteiger partial charge in [0.05, 0.1) is 0 Å². The van der Waals surface area contributed by atoms with Gasteiger partial charge in [-0.15, -0.1) is 0 Å². The Hall–Kier alpha value is -1.83. The standard InChI is InChI=1S/C13H17NO/c1-4-6-9-13(10-8-12-15)14(3)11-7-5-2/h4-12H,2H2,1,3H3/b6-4-,10-8+,11-7-,13-9+. The Bertz CT molecular complexity index is 308. The van der Waals surface area contributed by atoms with Crippen molar-refractivity contribution in [1.29, 1.82) is 0 Å². The summed E-state index contributed by atoms with van der Waals surface area (Å²) in [7, 11) is 1.91. The fourth-order valence-electron chi connectivity index (χ4n) is 0.899. The summed E-state index contributed by atoms with van der Waals surface area (Å²) in [6.45, 7) is 5.54. The molecular formula is C13H17NO. The highest BCUT2D eigenvalue weighted by Gasteiger charge is 1.94. The predicted octanol–water partition coefficient (Wildman–Crippen LogP) is 2.83. The van der Waals surface area contributed by atoms with Crippen molar-refractivity contribution in [2.24, 2.45) is 0 Å². The van der Waals surface area contributed by atoms with E-state index in [1.165, 1.54) is 6.08 Å². The van der Waals surface area contributed by atoms with Gasteiger partial charge in [-0.05, 0) is 31.2 Å². The summed E-state index contributed by atoms with van der Waals surface area (Å²) < 4.78 is 0. The molecule has 0 aromatic carbocycles. The molecule has 0 N–H and O–H groups in total. The molecule has 0 unspecified atom stereocenters. The number of likely N-dealkylation sites (N-methyl/N-ethyl adjacent to an activating group) is 1. The van der Waals surface area contributed by atoms with Crippen LogP contribution in [0.15, 0.2) is 61.0 Å². The summed E-state index contributed by atoms with van der Waals surface area (Å²) in [6, 6.07) is 0. The zero-order valence-corrected chi connectivity index (χ0v) is 9.26. The van der Waals surface area contributed by atoms with Crippen LogP contribution in [0.1, 0.15) is 6.92 Å². The van der Waals surface area contributed by atoms with Crippen LogP contribution in [0.3, 0.4) is 0 Å². The molecule has 0 saturated carbocycles. The van der Waals surface area contributed by atoms with Crippen molar-refractivity contribution in [3.05, 3.63) is 61.0 Å². The first-order valence-electron chi connectivity index (χ1n) is 4.73. The molecule has 0 amide bonds. The Morgan fingerprint density at radius 2 is 2.00 bits per heavy atom. The number of carbonyl (C=O) groups excluding carboxylic acids is 1. The number of aldehydes is 1. The van der Waals surface area contributed by atoms with Crippen molar-refractivity contribution in [2.45, 2.75) is 6.92 Å². The topological polar surface area (TPSA) is 20.3 Å². The molecule has 15 heavy (non-hydrogen) atoms. The maximum Gasteiger partial charge on any atom is 0.142 e. The van der Waals surface area contributed by atoms with E-state index in [4.69, 9.17) is 0 Å². The Kier molecular flexibility index (Phi) is 7.69. The summed E-state index contributed by atoms with van der Waals surface area (Å²) in [5, 5.41) is 0. The maximum absolute atomic E-state index is 10.2. The minimum atomic E-state index is 0.758. The van der Waals surface area contributed by atoms with Crippen LogP contribution in [-0.4, -0.2) is 18.2 Å². The number of rotatable bonds is 6. The highest BCUT2D eigenvalue weighted by atomic mass is 16.1. The summed E-state index contributed by atoms with van der Waals surface area (Å²) in [4.78, 5) is 12.1. The number of hydrogen-bond acceptors (Lipinski definition) is 2. The van der Waals surface area contributed by atoms with Crippen LogP contribution in [0.5, 0.6) is 0 Å². The van der Waals surface area contributed by atoms with Crippen molar-refractivity contribution in [3.8, 4) is 0 Å². The quantitative estimate of drug-likeness (QED) is 0.376. The smallest absolute Gasteiger partial charge is 0.142 e. The minimum absolute atomic E-state index is 0.758. The molecule has 0 bridgehead atoms. The lowest BCUT2D eigenvalue weighted by atomic mass is 10.3. The van der Waals surface area contributed by atoms with Gasteiger partial charge in [0.1, 0.15) is 6.29 Å². The van der Waals surface area contributed by atoms with Gasteiger partial charge in [0.15, 0.2) is 0 Å². The van der Waals surface area contributed by atoms with Gasteiger partial charge in [0.2, 0.25) is 0 Å². The molecule has 0 aliphatic heterocycles. The van der Waals surface area contributed by atoms with Crippen molar-refractivity contribution in [3.63, 3.8) is 0 Å². The van der Waals surface area contributed by atoms with Crippen molar-refractivity contribution in [1.82, 2.24) is 4.90 Å². The second-order valence-electron chi connectivity index (χ2n) is 2.80. The second kappa shape index (κ2) is 8.75. The molecule has 0 rings (SSSR count). The zero-order chi connectivity index (χ0) is 11.5. The molecule has 0 spiro atoms. The van der Waals surface area contributed by atoms with Gasteiger partial charge in [-0.25, -0.2) is 0 Å². The molecule has 0 fully saturated rings. The van der Waals surface area contributed by atoms with Crippen LogP contribution in [0.25, 0.3) is 0 Å². The van der Waals surface area contributed by atoms with E-state index < -0.39 is 0 Å². The van der Waals surface area contributed by atoms with Gasteiger partial charge in [0.25, 0.3) is 0 Å². The lowest BCUT2D eigenvalue weighted by Crippen LogP contribution is -2.07. The highest BCUT2D eigenvalue weighted by Crippen LogP contribution is 2.04. The largest absolute Gasteiger partial charge is 0.351 e. The molecule has 0 saturated heterocycles. The monoisotopic (exact) mass is 203 g/mol. The van der Waals surface area contributed by atoms with E-state index in [2.05, 4.69) is 6.58 Å². The van der Waals surface area contributed by atoms with Crippen LogP contribution >= 0.6 is 0 Å². The molecular weight excluding hydrogens is 186 g/mol. The molecule has 0 aliphatic rings. The van der Waals surface area contributed by atoms with Gasteiger partial charge in [-0.1, -0.05) is 24.8 Å². The number of hydrogen-bond donors (Lipinski definition) is 0. The number of carbonyl (C=O) groups is 1. The van der Waals surface area contributed by atoms with Crippen LogP contribution in [0.2, 0.25) is 0 Å². The Labute approximate surface area is 91.6 Å². The van der Waals surface area contributed by atoms with Gasteiger partial charge < -0.3 is 4.90 Å². The Balaban J connectivity index is 4.75. The fourth-order valence-corrected chi connectivity index (χ4v) is 0.899. The van der Waals surface area contributed by atoms with Crippen molar-refractivity contribution in [2.75, 3.05) is 7.05 Å². The van der Waals surface area contributed by atoms with Crippen LogP contribution < -0.4 is 0 Å². The van der Waals surface area contributed by atoms with E-state index in [9.17, 15) is 4.79 Å². The third-order valence-electron chi connectivity index (χ3n) is 1.66. The second-order valence-corrected chi connectivity index (χ2v) is 2.80. The SMILES string of the molecule is C=C/C=C\N(C)C(/C=C/C=O)=C/C=C\C. The first-order valence-corrected chi connectivity index (χ1v) is 4.73. The van der Waals surface area contributed by atoms with E-state index in [0.717, 1.165) is 12.0 Å². The Morgan fingerprint density at radius 3 is 2.53 bits per heavy atom. The highest BCUT2D eigenvalue weighted by molar-refractivity contribution is 5.65. The number of allylic oxidation sites excluding steroid dienone is 7. The van der Waals surface area contributed by atoms with E-state index in [1.807, 2.05) is 49.4 Å². The third kappa shape index (κ3) is 6.27. The summed E-state index contributed by atoms with van der Waals surface area (Å²) in [5.74, 6) is 0. The molecule has 0 aliphatic carbocycles. The maximum atomic E-state index is 10.2. The zero-order valence-electron chi connectivity index (χ0n) is 9.26. The first-order chi connectivity index (χ1) is 7.26. The van der Waals surface area contributed by atoms with Gasteiger partial charge >= 0.3 is 0 Å². The van der Waals surface area contributed by atoms with Gasteiger partial charge in [-0.2, -0.15) is 0 Å². The molecule has 0 aromatic rings. The van der Waals surface area contributed by atoms with E-state index in [0.29, 0.717) is 0 Å². The molecule has 0 atom stereocenters. The van der Waals surface area contributed by atoms with Crippen molar-refractivity contribution < 1.29 is 4.79 Å². The average molecular weight is 203 g/mol. The lowest BCUT2D eigenvalue weighted by molar-refractivity contribution is -0.104. The van der Waals surface area contributed by atoms with E-state index in [-0.39, 0.29) is 0 Å². The van der Waals surface area contributed by atoms with Crippen LogP contribution in [-0.2, 0) is 4.79 Å². The molecule has 80 valence electrons. The van der Waals surface area contributed by atoms with Crippen molar-refractivity contribution >= 4 is 6.29 Å². The molecule has 2 nitrogen and oxygen atoms in total.